The molecule has 1 fully saturated rings. The number of hydrogen-bond donors (Lipinski definition) is 1. The number of rotatable bonds is 5. The molecular weight excluding hydrogens is 416 g/mol. The van der Waals surface area contributed by atoms with E-state index in [9.17, 15) is 8.42 Å². The topological polar surface area (TPSA) is 51.1 Å². The van der Waals surface area contributed by atoms with Crippen LogP contribution in [0.25, 0.3) is 0 Å². The van der Waals surface area contributed by atoms with Gasteiger partial charge in [0.2, 0.25) is 10.0 Å². The highest BCUT2D eigenvalue weighted by Gasteiger charge is 2.30. The zero-order chi connectivity index (χ0) is 18.7. The lowest BCUT2D eigenvalue weighted by atomic mass is 10.2. The van der Waals surface area contributed by atoms with Gasteiger partial charge in [0.1, 0.15) is 12.3 Å². The molecule has 1 N–H and O–H groups in total. The van der Waals surface area contributed by atoms with Gasteiger partial charge in [-0.15, -0.1) is 0 Å². The number of piperazine rings is 1. The number of aryl methyl sites for hydroxylation is 1. The average molecular weight is 440 g/mol. The number of quaternary nitrogens is 1. The van der Waals surface area contributed by atoms with Gasteiger partial charge >= 0.3 is 0 Å². The molecule has 5 nitrogen and oxygen atoms in total. The summed E-state index contributed by atoms with van der Waals surface area (Å²) < 4.78 is 33.7. The highest BCUT2D eigenvalue weighted by molar-refractivity contribution is 9.10. The lowest BCUT2D eigenvalue weighted by molar-refractivity contribution is -0.917. The molecule has 0 aromatic heterocycles. The van der Waals surface area contributed by atoms with Crippen LogP contribution in [0.5, 0.6) is 5.75 Å². The molecule has 0 unspecified atom stereocenters. The Kier molecular flexibility index (Phi) is 6.02. The van der Waals surface area contributed by atoms with Gasteiger partial charge in [0.25, 0.3) is 0 Å². The van der Waals surface area contributed by atoms with Crippen LogP contribution in [-0.4, -0.2) is 46.0 Å². The summed E-state index contributed by atoms with van der Waals surface area (Å²) in [7, 11) is -1.73. The van der Waals surface area contributed by atoms with Crippen molar-refractivity contribution in [2.75, 3.05) is 33.3 Å². The van der Waals surface area contributed by atoms with Crippen LogP contribution in [0.2, 0.25) is 0 Å². The Morgan fingerprint density at radius 3 is 2.38 bits per heavy atom. The molecule has 1 aliphatic rings. The monoisotopic (exact) mass is 439 g/mol. The fourth-order valence-electron chi connectivity index (χ4n) is 3.23. The molecule has 0 bridgehead atoms. The molecule has 2 aromatic carbocycles. The number of nitrogens with zero attached hydrogens (tertiary/aromatic N) is 1. The lowest BCUT2D eigenvalue weighted by Crippen LogP contribution is -3.13. The fourth-order valence-corrected chi connectivity index (χ4v) is 5.08. The van der Waals surface area contributed by atoms with Gasteiger partial charge in [-0.2, -0.15) is 4.31 Å². The van der Waals surface area contributed by atoms with Crippen LogP contribution in [0, 0.1) is 6.92 Å². The SMILES string of the molecule is COc1ccc(Br)cc1C[NH+]1CCN(S(=O)(=O)c2ccc(C)cc2)CC1. The molecule has 26 heavy (non-hydrogen) atoms. The summed E-state index contributed by atoms with van der Waals surface area (Å²) in [5, 5.41) is 0. The smallest absolute Gasteiger partial charge is 0.243 e. The van der Waals surface area contributed by atoms with Crippen molar-refractivity contribution in [3.05, 3.63) is 58.1 Å². The maximum Gasteiger partial charge on any atom is 0.243 e. The van der Waals surface area contributed by atoms with E-state index in [1.807, 2.05) is 31.2 Å². The van der Waals surface area contributed by atoms with Crippen molar-refractivity contribution in [3.63, 3.8) is 0 Å². The Morgan fingerprint density at radius 1 is 1.12 bits per heavy atom. The van der Waals surface area contributed by atoms with E-state index in [0.29, 0.717) is 18.0 Å². The summed E-state index contributed by atoms with van der Waals surface area (Å²) in [6.45, 7) is 5.39. The van der Waals surface area contributed by atoms with Gasteiger partial charge in [-0.3, -0.25) is 0 Å². The molecule has 0 spiro atoms. The molecule has 7 heteroatoms. The molecule has 1 heterocycles. The first-order valence-corrected chi connectivity index (χ1v) is 10.9. The van der Waals surface area contributed by atoms with Crippen LogP contribution < -0.4 is 9.64 Å². The average Bonchev–Trinajstić information content (AvgIpc) is 2.63. The summed E-state index contributed by atoms with van der Waals surface area (Å²) in [5.74, 6) is 0.871. The maximum absolute atomic E-state index is 12.8. The van der Waals surface area contributed by atoms with E-state index in [0.717, 1.165) is 41.0 Å². The molecule has 2 aromatic rings. The summed E-state index contributed by atoms with van der Waals surface area (Å²) in [4.78, 5) is 1.73. The van der Waals surface area contributed by atoms with E-state index in [1.165, 1.54) is 4.90 Å². The summed E-state index contributed by atoms with van der Waals surface area (Å²) in [6.07, 6.45) is 0. The van der Waals surface area contributed by atoms with Gasteiger partial charge in [0, 0.05) is 10.0 Å². The Labute approximate surface area is 163 Å². The molecule has 0 amide bonds. The minimum atomic E-state index is -3.41. The van der Waals surface area contributed by atoms with Crippen LogP contribution >= 0.6 is 15.9 Å². The van der Waals surface area contributed by atoms with E-state index in [1.54, 1.807) is 23.5 Å². The molecule has 1 saturated heterocycles. The maximum atomic E-state index is 12.8. The second kappa shape index (κ2) is 8.08. The molecule has 0 saturated carbocycles. The second-order valence-electron chi connectivity index (χ2n) is 6.60. The minimum Gasteiger partial charge on any atom is -0.496 e. The number of hydrogen-bond acceptors (Lipinski definition) is 3. The molecule has 0 atom stereocenters. The van der Waals surface area contributed by atoms with Crippen molar-refractivity contribution in [1.29, 1.82) is 0 Å². The van der Waals surface area contributed by atoms with E-state index in [4.69, 9.17) is 4.74 Å². The van der Waals surface area contributed by atoms with Crippen molar-refractivity contribution >= 4 is 26.0 Å². The van der Waals surface area contributed by atoms with E-state index in [-0.39, 0.29) is 0 Å². The number of ether oxygens (including phenoxy) is 1. The number of halogens is 1. The molecule has 3 rings (SSSR count). The Morgan fingerprint density at radius 2 is 1.77 bits per heavy atom. The normalized spacial score (nSPS) is 16.6. The Bertz CT molecular complexity index is 861. The first kappa shape index (κ1) is 19.4. The third-order valence-electron chi connectivity index (χ3n) is 4.77. The van der Waals surface area contributed by atoms with Crippen molar-refractivity contribution in [3.8, 4) is 5.75 Å². The summed E-state index contributed by atoms with van der Waals surface area (Å²) in [6, 6.07) is 13.1. The highest BCUT2D eigenvalue weighted by atomic mass is 79.9. The summed E-state index contributed by atoms with van der Waals surface area (Å²) in [5.41, 5.74) is 2.19. The summed E-state index contributed by atoms with van der Waals surface area (Å²) >= 11 is 3.50. The van der Waals surface area contributed by atoms with Gasteiger partial charge < -0.3 is 9.64 Å². The third-order valence-corrected chi connectivity index (χ3v) is 7.18. The molecular formula is C19H24BrN2O3S+. The van der Waals surface area contributed by atoms with Crippen molar-refractivity contribution in [2.45, 2.75) is 18.4 Å². The highest BCUT2D eigenvalue weighted by Crippen LogP contribution is 2.22. The van der Waals surface area contributed by atoms with Crippen molar-refractivity contribution in [1.82, 2.24) is 4.31 Å². The molecule has 0 radical (unpaired) electrons. The zero-order valence-corrected chi connectivity index (χ0v) is 17.4. The Balaban J connectivity index is 1.66. The van der Waals surface area contributed by atoms with E-state index in [2.05, 4.69) is 22.0 Å². The fraction of sp³-hybridized carbons (Fsp3) is 0.368. The largest absolute Gasteiger partial charge is 0.496 e. The standard InChI is InChI=1S/C19H23BrN2O3S/c1-15-3-6-18(7-4-15)26(23,24)22-11-9-21(10-12-22)14-16-13-17(20)5-8-19(16)25-2/h3-8,13H,9-12,14H2,1-2H3/p+1. The molecule has 1 aliphatic heterocycles. The van der Waals surface area contributed by atoms with Gasteiger partial charge in [-0.25, -0.2) is 8.42 Å². The zero-order valence-electron chi connectivity index (χ0n) is 15.0. The lowest BCUT2D eigenvalue weighted by Gasteiger charge is -2.31. The quantitative estimate of drug-likeness (QED) is 0.773. The van der Waals surface area contributed by atoms with Crippen LogP contribution in [0.3, 0.4) is 0 Å². The van der Waals surface area contributed by atoms with E-state index < -0.39 is 10.0 Å². The van der Waals surface area contributed by atoms with Gasteiger partial charge in [0.05, 0.1) is 38.2 Å². The number of sulfonamides is 1. The van der Waals surface area contributed by atoms with Gasteiger partial charge in [-0.1, -0.05) is 33.6 Å². The predicted octanol–water partition coefficient (Wildman–Crippen LogP) is 1.86. The second-order valence-corrected chi connectivity index (χ2v) is 9.45. The van der Waals surface area contributed by atoms with Gasteiger partial charge in [-0.05, 0) is 37.3 Å². The number of nitrogens with one attached hydrogen (secondary N) is 1. The predicted molar refractivity (Wildman–Crippen MR) is 105 cm³/mol. The number of benzene rings is 2. The van der Waals surface area contributed by atoms with Crippen LogP contribution in [-0.2, 0) is 16.6 Å². The van der Waals surface area contributed by atoms with Crippen LogP contribution in [0.1, 0.15) is 11.1 Å². The van der Waals surface area contributed by atoms with Crippen LogP contribution in [0.4, 0.5) is 0 Å². The Hall–Kier alpha value is -1.41. The molecule has 140 valence electrons. The van der Waals surface area contributed by atoms with E-state index >= 15 is 0 Å². The third kappa shape index (κ3) is 4.28. The van der Waals surface area contributed by atoms with Crippen molar-refractivity contribution in [2.24, 2.45) is 0 Å². The van der Waals surface area contributed by atoms with Crippen LogP contribution in [0.15, 0.2) is 51.8 Å². The molecule has 0 aliphatic carbocycles. The van der Waals surface area contributed by atoms with Gasteiger partial charge in [0.15, 0.2) is 0 Å². The first-order valence-electron chi connectivity index (χ1n) is 8.63. The first-order chi connectivity index (χ1) is 12.4. The van der Waals surface area contributed by atoms with Crippen molar-refractivity contribution < 1.29 is 18.1 Å². The minimum absolute atomic E-state index is 0.375. The number of methoxy groups -OCH3 is 1.